The van der Waals surface area contributed by atoms with Gasteiger partial charge in [-0.3, -0.25) is 0 Å². The number of hydrogen-bond acceptors (Lipinski definition) is 3. The standard InChI is InChI=1S/C13H15ClO3S/c14-9-2-4-10(5-3-9)18(16,17)13-8-1-6-11(13)12(15)7-8/h2-5,8,11-13,15H,1,6-7H2/t8-,11?,12?,13?/m1/s1. The Morgan fingerprint density at radius 2 is 1.83 bits per heavy atom. The lowest BCUT2D eigenvalue weighted by Crippen LogP contribution is -2.28. The van der Waals surface area contributed by atoms with Crippen molar-refractivity contribution in [2.75, 3.05) is 0 Å². The summed E-state index contributed by atoms with van der Waals surface area (Å²) in [6.07, 6.45) is 1.92. The summed E-state index contributed by atoms with van der Waals surface area (Å²) < 4.78 is 25.2. The highest BCUT2D eigenvalue weighted by atomic mass is 35.5. The summed E-state index contributed by atoms with van der Waals surface area (Å²) in [5.74, 6) is 0.0290. The lowest BCUT2D eigenvalue weighted by molar-refractivity contribution is 0.114. The third-order valence-corrected chi connectivity index (χ3v) is 6.93. The van der Waals surface area contributed by atoms with Crippen LogP contribution in [0.2, 0.25) is 5.02 Å². The van der Waals surface area contributed by atoms with Gasteiger partial charge in [0.15, 0.2) is 9.84 Å². The highest BCUT2D eigenvalue weighted by molar-refractivity contribution is 7.92. The molecule has 4 atom stereocenters. The molecule has 2 aliphatic carbocycles. The van der Waals surface area contributed by atoms with Crippen LogP contribution in [0.4, 0.5) is 0 Å². The Bertz CT molecular complexity index is 552. The van der Waals surface area contributed by atoms with Crippen LogP contribution in [-0.2, 0) is 9.84 Å². The minimum atomic E-state index is -3.34. The van der Waals surface area contributed by atoms with Gasteiger partial charge >= 0.3 is 0 Å². The molecular formula is C13H15ClO3S. The Morgan fingerprint density at radius 3 is 2.33 bits per heavy atom. The van der Waals surface area contributed by atoms with Crippen molar-refractivity contribution in [3.8, 4) is 0 Å². The van der Waals surface area contributed by atoms with Crippen LogP contribution in [0.25, 0.3) is 0 Å². The maximum Gasteiger partial charge on any atom is 0.181 e. The maximum absolute atomic E-state index is 12.6. The maximum atomic E-state index is 12.6. The molecule has 0 aliphatic heterocycles. The average molecular weight is 287 g/mol. The van der Waals surface area contributed by atoms with Crippen molar-refractivity contribution < 1.29 is 13.5 Å². The summed E-state index contributed by atoms with van der Waals surface area (Å²) in [7, 11) is -3.34. The van der Waals surface area contributed by atoms with Crippen LogP contribution in [0.3, 0.4) is 0 Å². The first-order valence-corrected chi connectivity index (χ1v) is 8.10. The molecular weight excluding hydrogens is 272 g/mol. The van der Waals surface area contributed by atoms with E-state index in [4.69, 9.17) is 11.6 Å². The predicted octanol–water partition coefficient (Wildman–Crippen LogP) is 2.27. The van der Waals surface area contributed by atoms with Crippen molar-refractivity contribution in [2.24, 2.45) is 11.8 Å². The first kappa shape index (κ1) is 12.5. The highest BCUT2D eigenvalue weighted by Crippen LogP contribution is 2.49. The minimum absolute atomic E-state index is 0.0873. The van der Waals surface area contributed by atoms with E-state index in [0.717, 1.165) is 12.8 Å². The van der Waals surface area contributed by atoms with Crippen molar-refractivity contribution in [3.05, 3.63) is 29.3 Å². The second-order valence-electron chi connectivity index (χ2n) is 5.27. The van der Waals surface area contributed by atoms with Gasteiger partial charge in [0.05, 0.1) is 16.2 Å². The largest absolute Gasteiger partial charge is 0.393 e. The summed E-state index contributed by atoms with van der Waals surface area (Å²) in [6, 6.07) is 6.31. The Labute approximate surface area is 112 Å². The van der Waals surface area contributed by atoms with Gasteiger partial charge in [0, 0.05) is 10.9 Å². The van der Waals surface area contributed by atoms with E-state index in [0.29, 0.717) is 16.3 Å². The van der Waals surface area contributed by atoms with Crippen molar-refractivity contribution >= 4 is 21.4 Å². The Hall–Kier alpha value is -0.580. The molecule has 3 unspecified atom stereocenters. The molecule has 1 aromatic carbocycles. The third-order valence-electron chi connectivity index (χ3n) is 4.30. The van der Waals surface area contributed by atoms with Gasteiger partial charge < -0.3 is 5.11 Å². The van der Waals surface area contributed by atoms with Crippen LogP contribution >= 0.6 is 11.6 Å². The Kier molecular flexibility index (Phi) is 2.92. The first-order valence-electron chi connectivity index (χ1n) is 6.17. The fourth-order valence-electron chi connectivity index (χ4n) is 3.50. The number of hydrogen-bond donors (Lipinski definition) is 1. The fraction of sp³-hybridized carbons (Fsp3) is 0.538. The van der Waals surface area contributed by atoms with E-state index in [9.17, 15) is 13.5 Å². The van der Waals surface area contributed by atoms with Crippen LogP contribution in [0.1, 0.15) is 19.3 Å². The third kappa shape index (κ3) is 1.78. The van der Waals surface area contributed by atoms with Crippen LogP contribution in [0.5, 0.6) is 0 Å². The molecule has 0 amide bonds. The number of rotatable bonds is 2. The van der Waals surface area contributed by atoms with Crippen LogP contribution < -0.4 is 0 Å². The van der Waals surface area contributed by atoms with E-state index in [1.165, 1.54) is 0 Å². The summed E-state index contributed by atoms with van der Waals surface area (Å²) >= 11 is 5.78. The van der Waals surface area contributed by atoms with Crippen molar-refractivity contribution in [2.45, 2.75) is 35.5 Å². The summed E-state index contributed by atoms with van der Waals surface area (Å²) in [5, 5.41) is 9.98. The monoisotopic (exact) mass is 286 g/mol. The smallest absolute Gasteiger partial charge is 0.181 e. The number of aliphatic hydroxyl groups is 1. The predicted molar refractivity (Wildman–Crippen MR) is 69.3 cm³/mol. The molecule has 98 valence electrons. The van der Waals surface area contributed by atoms with Gasteiger partial charge in [-0.25, -0.2) is 8.42 Å². The van der Waals surface area contributed by atoms with Crippen LogP contribution in [0.15, 0.2) is 29.2 Å². The molecule has 0 saturated heterocycles. The summed E-state index contributed by atoms with van der Waals surface area (Å²) in [4.78, 5) is 0.322. The van der Waals surface area contributed by atoms with Gasteiger partial charge in [0.1, 0.15) is 0 Å². The lowest BCUT2D eigenvalue weighted by atomic mass is 9.98. The van der Waals surface area contributed by atoms with Gasteiger partial charge in [-0.1, -0.05) is 11.6 Å². The second kappa shape index (κ2) is 4.22. The molecule has 2 fully saturated rings. The van der Waals surface area contributed by atoms with Gasteiger partial charge in [-0.15, -0.1) is 0 Å². The van der Waals surface area contributed by atoms with Crippen LogP contribution in [-0.4, -0.2) is 24.9 Å². The SMILES string of the molecule is O=S(=O)(c1ccc(Cl)cc1)C1C2CC[C@@H]1CC2O. The first-order chi connectivity index (χ1) is 8.50. The molecule has 3 rings (SSSR count). The molecule has 2 saturated carbocycles. The molecule has 18 heavy (non-hydrogen) atoms. The summed E-state index contributed by atoms with van der Waals surface area (Å²) in [5.41, 5.74) is 0. The topological polar surface area (TPSA) is 54.4 Å². The molecule has 5 heteroatoms. The van der Waals surface area contributed by atoms with E-state index < -0.39 is 21.2 Å². The van der Waals surface area contributed by atoms with E-state index in [1.54, 1.807) is 24.3 Å². The zero-order valence-electron chi connectivity index (χ0n) is 9.79. The van der Waals surface area contributed by atoms with E-state index in [-0.39, 0.29) is 11.8 Å². The lowest BCUT2D eigenvalue weighted by Gasteiger charge is -2.17. The molecule has 2 bridgehead atoms. The molecule has 0 aromatic heterocycles. The van der Waals surface area contributed by atoms with E-state index >= 15 is 0 Å². The molecule has 0 heterocycles. The summed E-state index contributed by atoms with van der Waals surface area (Å²) in [6.45, 7) is 0. The average Bonchev–Trinajstić information content (AvgIpc) is 2.86. The van der Waals surface area contributed by atoms with E-state index in [2.05, 4.69) is 0 Å². The zero-order chi connectivity index (χ0) is 12.9. The molecule has 1 N–H and O–H groups in total. The van der Waals surface area contributed by atoms with Gasteiger partial charge in [-0.05, 0) is 49.4 Å². The van der Waals surface area contributed by atoms with Crippen LogP contribution in [0, 0.1) is 11.8 Å². The number of sulfone groups is 1. The van der Waals surface area contributed by atoms with Gasteiger partial charge in [0.25, 0.3) is 0 Å². The number of fused-ring (bicyclic) bond motifs is 2. The van der Waals surface area contributed by atoms with Crippen molar-refractivity contribution in [1.82, 2.24) is 0 Å². The quantitative estimate of drug-likeness (QED) is 0.907. The molecule has 0 spiro atoms. The molecule has 0 radical (unpaired) electrons. The van der Waals surface area contributed by atoms with Gasteiger partial charge in [-0.2, -0.15) is 0 Å². The zero-order valence-corrected chi connectivity index (χ0v) is 11.4. The molecule has 3 nitrogen and oxygen atoms in total. The second-order valence-corrected chi connectivity index (χ2v) is 7.81. The van der Waals surface area contributed by atoms with Crippen molar-refractivity contribution in [1.29, 1.82) is 0 Å². The van der Waals surface area contributed by atoms with Crippen molar-refractivity contribution in [3.63, 3.8) is 0 Å². The Balaban J connectivity index is 1.99. The number of benzene rings is 1. The molecule has 1 aromatic rings. The Morgan fingerprint density at radius 1 is 1.17 bits per heavy atom. The van der Waals surface area contributed by atoms with E-state index in [1.807, 2.05) is 0 Å². The highest BCUT2D eigenvalue weighted by Gasteiger charge is 2.53. The normalized spacial score (nSPS) is 35.0. The minimum Gasteiger partial charge on any atom is -0.393 e. The number of halogens is 1. The van der Waals surface area contributed by atoms with Gasteiger partial charge in [0.2, 0.25) is 0 Å². The number of aliphatic hydroxyl groups excluding tert-OH is 1. The molecule has 2 aliphatic rings. The fourth-order valence-corrected chi connectivity index (χ4v) is 5.99.